The molecule has 0 unspecified atom stereocenters. The zero-order chi connectivity index (χ0) is 12.5. The van der Waals surface area contributed by atoms with E-state index in [4.69, 9.17) is 5.73 Å². The van der Waals surface area contributed by atoms with Gasteiger partial charge in [0.1, 0.15) is 5.82 Å². The van der Waals surface area contributed by atoms with Crippen molar-refractivity contribution >= 4 is 5.82 Å². The van der Waals surface area contributed by atoms with Crippen molar-refractivity contribution in [2.24, 2.45) is 24.8 Å². The maximum atomic E-state index is 6.03. The second kappa shape index (κ2) is 3.31. The average molecular weight is 245 g/mol. The number of anilines is 1. The highest BCUT2D eigenvalue weighted by molar-refractivity contribution is 5.45. The summed E-state index contributed by atoms with van der Waals surface area (Å²) in [7, 11) is 2.08. The molecule has 2 N–H and O–H groups in total. The number of hydrogen-bond acceptors (Lipinski definition) is 2. The molecule has 0 aliphatic heterocycles. The van der Waals surface area contributed by atoms with Crippen LogP contribution in [-0.4, -0.2) is 9.78 Å². The van der Waals surface area contributed by atoms with E-state index in [1.165, 1.54) is 49.8 Å². The molecule has 4 aliphatic rings. The first kappa shape index (κ1) is 10.9. The zero-order valence-corrected chi connectivity index (χ0v) is 11.4. The van der Waals surface area contributed by atoms with E-state index in [-0.39, 0.29) is 0 Å². The van der Waals surface area contributed by atoms with Crippen LogP contribution in [0.5, 0.6) is 0 Å². The van der Waals surface area contributed by atoms with Crippen LogP contribution >= 0.6 is 0 Å². The first-order valence-electron chi connectivity index (χ1n) is 7.37. The van der Waals surface area contributed by atoms with Gasteiger partial charge in [-0.1, -0.05) is 0 Å². The number of nitrogens with two attached hydrogens (primary N) is 1. The third-order valence-corrected chi connectivity index (χ3v) is 5.86. The number of aromatic nitrogens is 2. The first-order valence-corrected chi connectivity index (χ1v) is 7.37. The van der Waals surface area contributed by atoms with Crippen molar-refractivity contribution in [3.05, 3.63) is 11.3 Å². The van der Waals surface area contributed by atoms with Gasteiger partial charge < -0.3 is 5.73 Å². The van der Waals surface area contributed by atoms with Gasteiger partial charge in [0.05, 0.1) is 0 Å². The molecule has 1 aromatic rings. The van der Waals surface area contributed by atoms with Crippen molar-refractivity contribution in [3.8, 4) is 0 Å². The van der Waals surface area contributed by atoms with Crippen molar-refractivity contribution in [2.45, 2.75) is 50.9 Å². The van der Waals surface area contributed by atoms with E-state index in [2.05, 4.69) is 23.8 Å². The summed E-state index contributed by atoms with van der Waals surface area (Å²) in [5.74, 6) is 3.67. The summed E-state index contributed by atoms with van der Waals surface area (Å²) >= 11 is 0. The second-order valence-electron chi connectivity index (χ2n) is 7.18. The lowest BCUT2D eigenvalue weighted by molar-refractivity contribution is -0.00916. The van der Waals surface area contributed by atoms with Gasteiger partial charge in [-0.05, 0) is 63.2 Å². The van der Waals surface area contributed by atoms with Gasteiger partial charge in [-0.2, -0.15) is 5.10 Å². The van der Waals surface area contributed by atoms with E-state index in [1.54, 1.807) is 0 Å². The Morgan fingerprint density at radius 3 is 2.00 bits per heavy atom. The van der Waals surface area contributed by atoms with Crippen LogP contribution in [0.4, 0.5) is 5.82 Å². The van der Waals surface area contributed by atoms with Gasteiger partial charge in [-0.15, -0.1) is 0 Å². The minimum absolute atomic E-state index is 0.415. The number of rotatable bonds is 1. The lowest BCUT2D eigenvalue weighted by Gasteiger charge is -2.57. The fourth-order valence-electron chi connectivity index (χ4n) is 5.79. The molecule has 18 heavy (non-hydrogen) atoms. The fraction of sp³-hybridized carbons (Fsp3) is 0.800. The highest BCUT2D eigenvalue weighted by Gasteiger charge is 2.53. The predicted molar refractivity (Wildman–Crippen MR) is 72.2 cm³/mol. The molecule has 4 bridgehead atoms. The molecular weight excluding hydrogens is 222 g/mol. The van der Waals surface area contributed by atoms with Crippen LogP contribution in [0.2, 0.25) is 0 Å². The molecule has 4 fully saturated rings. The van der Waals surface area contributed by atoms with Crippen LogP contribution in [0.15, 0.2) is 0 Å². The quantitative estimate of drug-likeness (QED) is 0.826. The fourth-order valence-corrected chi connectivity index (χ4v) is 5.79. The molecule has 0 saturated heterocycles. The van der Waals surface area contributed by atoms with Crippen molar-refractivity contribution in [1.82, 2.24) is 9.78 Å². The monoisotopic (exact) mass is 245 g/mol. The molecule has 0 atom stereocenters. The Labute approximate surface area is 109 Å². The summed E-state index contributed by atoms with van der Waals surface area (Å²) in [6, 6.07) is 0. The molecule has 3 nitrogen and oxygen atoms in total. The van der Waals surface area contributed by atoms with Crippen molar-refractivity contribution in [1.29, 1.82) is 0 Å². The SMILES string of the molecule is Cc1c(N)nn(C)c1C12CC3CC(CC(C3)C1)C2. The molecular formula is C15H23N3. The van der Waals surface area contributed by atoms with Crippen LogP contribution in [-0.2, 0) is 12.5 Å². The van der Waals surface area contributed by atoms with Crippen LogP contribution in [0.3, 0.4) is 0 Å². The van der Waals surface area contributed by atoms with Gasteiger partial charge in [0.25, 0.3) is 0 Å². The summed E-state index contributed by atoms with van der Waals surface area (Å²) in [5.41, 5.74) is 9.15. The third-order valence-electron chi connectivity index (χ3n) is 5.86. The summed E-state index contributed by atoms with van der Waals surface area (Å²) in [6.45, 7) is 2.16. The molecule has 0 aromatic carbocycles. The Bertz CT molecular complexity index is 465. The maximum absolute atomic E-state index is 6.03. The Balaban J connectivity index is 1.84. The van der Waals surface area contributed by atoms with E-state index < -0.39 is 0 Å². The summed E-state index contributed by atoms with van der Waals surface area (Å²) in [4.78, 5) is 0. The van der Waals surface area contributed by atoms with Crippen LogP contribution in [0.1, 0.15) is 49.8 Å². The molecule has 4 saturated carbocycles. The smallest absolute Gasteiger partial charge is 0.148 e. The molecule has 0 amide bonds. The molecule has 3 heteroatoms. The highest BCUT2D eigenvalue weighted by Crippen LogP contribution is 2.61. The number of hydrogen-bond donors (Lipinski definition) is 1. The number of aryl methyl sites for hydroxylation is 1. The van der Waals surface area contributed by atoms with E-state index in [0.717, 1.165) is 23.6 Å². The molecule has 98 valence electrons. The van der Waals surface area contributed by atoms with Gasteiger partial charge in [-0.3, -0.25) is 4.68 Å². The first-order chi connectivity index (χ1) is 8.57. The Morgan fingerprint density at radius 2 is 1.61 bits per heavy atom. The summed E-state index contributed by atoms with van der Waals surface area (Å²) < 4.78 is 2.08. The Morgan fingerprint density at radius 1 is 1.11 bits per heavy atom. The largest absolute Gasteiger partial charge is 0.382 e. The Kier molecular flexibility index (Phi) is 2.00. The molecule has 0 spiro atoms. The standard InChI is InChI=1S/C15H23N3/c1-9-13(18(2)17-14(9)16)15-6-10-3-11(7-15)5-12(4-10)8-15/h10-12H,3-8H2,1-2H3,(H2,16,17). The molecule has 4 aliphatic carbocycles. The lowest BCUT2D eigenvalue weighted by atomic mass is 9.48. The lowest BCUT2D eigenvalue weighted by Crippen LogP contribution is -2.49. The Hall–Kier alpha value is -0.990. The summed E-state index contributed by atoms with van der Waals surface area (Å²) in [6.07, 6.45) is 8.64. The topological polar surface area (TPSA) is 43.8 Å². The maximum Gasteiger partial charge on any atom is 0.148 e. The minimum atomic E-state index is 0.415. The molecule has 1 aromatic heterocycles. The van der Waals surface area contributed by atoms with Gasteiger partial charge in [-0.25, -0.2) is 0 Å². The van der Waals surface area contributed by atoms with Crippen molar-refractivity contribution in [3.63, 3.8) is 0 Å². The third kappa shape index (κ3) is 1.28. The van der Waals surface area contributed by atoms with Gasteiger partial charge in [0.15, 0.2) is 0 Å². The number of nitrogen functional groups attached to an aromatic ring is 1. The van der Waals surface area contributed by atoms with Gasteiger partial charge in [0, 0.05) is 23.7 Å². The van der Waals surface area contributed by atoms with Crippen LogP contribution < -0.4 is 5.73 Å². The van der Waals surface area contributed by atoms with Gasteiger partial charge in [0.2, 0.25) is 0 Å². The zero-order valence-electron chi connectivity index (χ0n) is 11.4. The molecule has 5 rings (SSSR count). The number of nitrogens with zero attached hydrogens (tertiary/aromatic N) is 2. The summed E-state index contributed by atoms with van der Waals surface area (Å²) in [5, 5.41) is 4.46. The van der Waals surface area contributed by atoms with E-state index >= 15 is 0 Å². The molecule has 0 radical (unpaired) electrons. The van der Waals surface area contributed by atoms with E-state index in [9.17, 15) is 0 Å². The van der Waals surface area contributed by atoms with E-state index in [1.807, 2.05) is 0 Å². The minimum Gasteiger partial charge on any atom is -0.382 e. The van der Waals surface area contributed by atoms with Crippen LogP contribution in [0, 0.1) is 24.7 Å². The predicted octanol–water partition coefficient (Wildman–Crippen LogP) is 2.78. The normalized spacial score (nSPS) is 41.6. The average Bonchev–Trinajstić information content (AvgIpc) is 2.51. The second-order valence-corrected chi connectivity index (χ2v) is 7.18. The van der Waals surface area contributed by atoms with Crippen molar-refractivity contribution < 1.29 is 0 Å². The highest BCUT2D eigenvalue weighted by atomic mass is 15.3. The van der Waals surface area contributed by atoms with Crippen molar-refractivity contribution in [2.75, 3.05) is 5.73 Å². The van der Waals surface area contributed by atoms with E-state index in [0.29, 0.717) is 5.41 Å². The van der Waals surface area contributed by atoms with Crippen LogP contribution in [0.25, 0.3) is 0 Å². The molecule has 1 heterocycles. The van der Waals surface area contributed by atoms with Gasteiger partial charge >= 0.3 is 0 Å².